The molecule has 29 heavy (non-hydrogen) atoms. The van der Waals surface area contributed by atoms with E-state index in [0.717, 1.165) is 0 Å². The number of para-hydroxylation sites is 1. The largest absolute Gasteiger partial charge is 0.424 e. The molecule has 0 radical (unpaired) electrons. The zero-order valence-electron chi connectivity index (χ0n) is 15.7. The third kappa shape index (κ3) is 4.33. The van der Waals surface area contributed by atoms with E-state index < -0.39 is 29.1 Å². The summed E-state index contributed by atoms with van der Waals surface area (Å²) in [5.41, 5.74) is -2.40. The molecule has 2 aromatic heterocycles. The van der Waals surface area contributed by atoms with Gasteiger partial charge < -0.3 is 15.3 Å². The first kappa shape index (κ1) is 21.0. The van der Waals surface area contributed by atoms with Gasteiger partial charge in [-0.2, -0.15) is 13.2 Å². The summed E-state index contributed by atoms with van der Waals surface area (Å²) < 4.78 is 41.7. The number of pyridine rings is 1. The van der Waals surface area contributed by atoms with E-state index in [-0.39, 0.29) is 6.54 Å². The minimum Gasteiger partial charge on any atom is -0.374 e. The van der Waals surface area contributed by atoms with Gasteiger partial charge in [-0.15, -0.1) is 11.3 Å². The molecule has 3 aromatic rings. The van der Waals surface area contributed by atoms with Crippen molar-refractivity contribution in [1.29, 1.82) is 0 Å². The lowest BCUT2D eigenvalue weighted by atomic mass is 9.99. The zero-order valence-corrected chi connectivity index (χ0v) is 16.5. The summed E-state index contributed by atoms with van der Waals surface area (Å²) in [6.07, 6.45) is -4.68. The highest BCUT2D eigenvalue weighted by Gasteiger charge is 2.58. The molecule has 0 spiro atoms. The van der Waals surface area contributed by atoms with Gasteiger partial charge in [-0.1, -0.05) is 18.2 Å². The Kier molecular flexibility index (Phi) is 5.76. The summed E-state index contributed by atoms with van der Waals surface area (Å²) in [4.78, 5) is 22.1. The van der Waals surface area contributed by atoms with E-state index in [1.165, 1.54) is 0 Å². The van der Waals surface area contributed by atoms with Gasteiger partial charge in [-0.05, 0) is 18.2 Å². The summed E-state index contributed by atoms with van der Waals surface area (Å²) >= 11 is 0.716. The molecule has 0 aliphatic heterocycles. The van der Waals surface area contributed by atoms with Gasteiger partial charge in [0.05, 0.1) is 16.6 Å². The van der Waals surface area contributed by atoms with Crippen LogP contribution in [0, 0.1) is 0 Å². The van der Waals surface area contributed by atoms with Crippen molar-refractivity contribution in [2.24, 2.45) is 0 Å². The molecular formula is C19H19F3N4O2S. The SMILES string of the molecule is CN(C)c1ncccc1CNC(=O)CC(O)(c1nc2ccccc2s1)C(F)(F)F. The predicted molar refractivity (Wildman–Crippen MR) is 105 cm³/mol. The van der Waals surface area contributed by atoms with Crippen molar-refractivity contribution in [1.82, 2.24) is 15.3 Å². The number of aliphatic hydroxyl groups is 1. The van der Waals surface area contributed by atoms with Crippen LogP contribution in [-0.2, 0) is 16.9 Å². The number of rotatable bonds is 6. The summed E-state index contributed by atoms with van der Waals surface area (Å²) in [5.74, 6) is -0.359. The Morgan fingerprint density at radius 2 is 1.93 bits per heavy atom. The van der Waals surface area contributed by atoms with E-state index in [0.29, 0.717) is 32.9 Å². The molecular weight excluding hydrogens is 405 g/mol. The number of nitrogens with zero attached hydrogens (tertiary/aromatic N) is 3. The molecule has 154 valence electrons. The van der Waals surface area contributed by atoms with Gasteiger partial charge in [0.1, 0.15) is 10.8 Å². The maximum atomic E-state index is 13.7. The van der Waals surface area contributed by atoms with Crippen LogP contribution in [0.1, 0.15) is 17.0 Å². The van der Waals surface area contributed by atoms with E-state index in [1.807, 2.05) is 0 Å². The molecule has 0 aliphatic carbocycles. The second kappa shape index (κ2) is 7.96. The second-order valence-corrected chi connectivity index (χ2v) is 7.71. The fraction of sp³-hybridized carbons (Fsp3) is 0.316. The van der Waals surface area contributed by atoms with Crippen LogP contribution >= 0.6 is 11.3 Å². The number of alkyl halides is 3. The van der Waals surface area contributed by atoms with Gasteiger partial charge >= 0.3 is 6.18 Å². The number of fused-ring (bicyclic) bond motifs is 1. The standard InChI is InChI=1S/C19H19F3N4O2S/c1-26(2)16-12(6-5-9-23-16)11-24-15(27)10-18(28,19(20,21)22)17-25-13-7-3-4-8-14(13)29-17/h3-9,28H,10-11H2,1-2H3,(H,24,27). The molecule has 6 nitrogen and oxygen atoms in total. The van der Waals surface area contributed by atoms with Gasteiger partial charge in [0, 0.05) is 32.4 Å². The lowest BCUT2D eigenvalue weighted by Crippen LogP contribution is -2.46. The van der Waals surface area contributed by atoms with Crippen molar-refractivity contribution in [2.75, 3.05) is 19.0 Å². The van der Waals surface area contributed by atoms with Crippen molar-refractivity contribution in [3.63, 3.8) is 0 Å². The van der Waals surface area contributed by atoms with E-state index in [4.69, 9.17) is 0 Å². The molecule has 1 atom stereocenters. The van der Waals surface area contributed by atoms with Crippen LogP contribution in [-0.4, -0.2) is 41.3 Å². The fourth-order valence-corrected chi connectivity index (χ4v) is 3.88. The van der Waals surface area contributed by atoms with Crippen LogP contribution in [0.15, 0.2) is 42.6 Å². The highest BCUT2D eigenvalue weighted by Crippen LogP contribution is 2.44. The number of benzene rings is 1. The van der Waals surface area contributed by atoms with Crippen molar-refractivity contribution in [2.45, 2.75) is 24.7 Å². The molecule has 2 heterocycles. The van der Waals surface area contributed by atoms with Crippen molar-refractivity contribution in [3.05, 3.63) is 53.2 Å². The van der Waals surface area contributed by atoms with E-state index >= 15 is 0 Å². The van der Waals surface area contributed by atoms with Crippen LogP contribution < -0.4 is 10.2 Å². The molecule has 0 saturated heterocycles. The summed E-state index contributed by atoms with van der Waals surface area (Å²) in [6.45, 7) is -0.0199. The molecule has 1 aromatic carbocycles. The number of aromatic nitrogens is 2. The smallest absolute Gasteiger partial charge is 0.374 e. The highest BCUT2D eigenvalue weighted by molar-refractivity contribution is 7.18. The monoisotopic (exact) mass is 424 g/mol. The minimum absolute atomic E-state index is 0.0199. The van der Waals surface area contributed by atoms with Crippen LogP contribution in [0.3, 0.4) is 0 Å². The van der Waals surface area contributed by atoms with Gasteiger partial charge in [0.15, 0.2) is 0 Å². The van der Waals surface area contributed by atoms with Crippen LogP contribution in [0.2, 0.25) is 0 Å². The summed E-state index contributed by atoms with van der Waals surface area (Å²) in [7, 11) is 3.53. The maximum Gasteiger partial charge on any atom is 0.424 e. The Morgan fingerprint density at radius 1 is 1.21 bits per heavy atom. The van der Waals surface area contributed by atoms with E-state index in [1.54, 1.807) is 61.6 Å². The zero-order chi connectivity index (χ0) is 21.2. The third-order valence-corrected chi connectivity index (χ3v) is 5.49. The van der Waals surface area contributed by atoms with Crippen LogP contribution in [0.5, 0.6) is 0 Å². The minimum atomic E-state index is -5.07. The number of hydrogen-bond donors (Lipinski definition) is 2. The fourth-order valence-electron chi connectivity index (χ4n) is 2.81. The molecule has 3 rings (SSSR count). The Bertz CT molecular complexity index is 989. The Balaban J connectivity index is 1.81. The lowest BCUT2D eigenvalue weighted by molar-refractivity contribution is -0.267. The number of halogens is 3. The average Bonchev–Trinajstić information content (AvgIpc) is 3.10. The summed E-state index contributed by atoms with van der Waals surface area (Å²) in [6, 6.07) is 9.85. The van der Waals surface area contributed by atoms with Gasteiger partial charge in [-0.25, -0.2) is 9.97 Å². The number of carbonyl (C=O) groups excluding carboxylic acids is 1. The topological polar surface area (TPSA) is 78.4 Å². The molecule has 0 saturated carbocycles. The first-order valence-corrected chi connectivity index (χ1v) is 9.46. The highest BCUT2D eigenvalue weighted by atomic mass is 32.1. The molecule has 2 N–H and O–H groups in total. The first-order valence-electron chi connectivity index (χ1n) is 8.65. The predicted octanol–water partition coefficient (Wildman–Crippen LogP) is 3.21. The maximum absolute atomic E-state index is 13.7. The Morgan fingerprint density at radius 3 is 2.59 bits per heavy atom. The summed E-state index contributed by atoms with van der Waals surface area (Å²) in [5, 5.41) is 12.4. The molecule has 1 amide bonds. The van der Waals surface area contributed by atoms with Crippen molar-refractivity contribution in [3.8, 4) is 0 Å². The second-order valence-electron chi connectivity index (χ2n) is 6.68. The van der Waals surface area contributed by atoms with Gasteiger partial charge in [0.2, 0.25) is 11.5 Å². The average molecular weight is 424 g/mol. The van der Waals surface area contributed by atoms with Crippen LogP contribution in [0.25, 0.3) is 10.2 Å². The Hall–Kier alpha value is -2.72. The number of amides is 1. The quantitative estimate of drug-likeness (QED) is 0.635. The van der Waals surface area contributed by atoms with Gasteiger partial charge in [-0.3, -0.25) is 4.79 Å². The molecule has 0 fully saturated rings. The van der Waals surface area contributed by atoms with Crippen molar-refractivity contribution >= 4 is 33.3 Å². The third-order valence-electron chi connectivity index (χ3n) is 4.30. The van der Waals surface area contributed by atoms with E-state index in [9.17, 15) is 23.1 Å². The lowest BCUT2D eigenvalue weighted by Gasteiger charge is -2.28. The van der Waals surface area contributed by atoms with Gasteiger partial charge in [0.25, 0.3) is 0 Å². The van der Waals surface area contributed by atoms with Crippen LogP contribution in [0.4, 0.5) is 19.0 Å². The molecule has 10 heteroatoms. The number of thiazole rings is 1. The normalized spacial score (nSPS) is 13.9. The number of carbonyl (C=O) groups is 1. The molecule has 0 bridgehead atoms. The first-order chi connectivity index (χ1) is 13.6. The Labute approximate surface area is 169 Å². The van der Waals surface area contributed by atoms with Crippen molar-refractivity contribution < 1.29 is 23.1 Å². The molecule has 1 unspecified atom stereocenters. The molecule has 0 aliphatic rings. The number of anilines is 1. The van der Waals surface area contributed by atoms with E-state index in [2.05, 4.69) is 15.3 Å². The number of hydrogen-bond acceptors (Lipinski definition) is 6. The number of nitrogens with one attached hydrogen (secondary N) is 1.